The van der Waals surface area contributed by atoms with E-state index in [2.05, 4.69) is 5.32 Å². The van der Waals surface area contributed by atoms with Crippen molar-refractivity contribution in [2.45, 2.75) is 6.42 Å². The van der Waals surface area contributed by atoms with Gasteiger partial charge in [0.25, 0.3) is 5.91 Å². The Hall–Kier alpha value is -2.89. The number of carbonyl (C=O) groups is 1. The van der Waals surface area contributed by atoms with E-state index in [1.807, 2.05) is 30.3 Å². The second-order valence-corrected chi connectivity index (χ2v) is 4.42. The van der Waals surface area contributed by atoms with Crippen LogP contribution in [0.5, 0.6) is 5.75 Å². The zero-order chi connectivity index (χ0) is 15.2. The molecule has 0 fully saturated rings. The second kappa shape index (κ2) is 6.51. The van der Waals surface area contributed by atoms with Crippen LogP contribution in [0, 0.1) is 10.1 Å². The highest BCUT2D eigenvalue weighted by Gasteiger charge is 2.20. The number of phenols is 1. The Morgan fingerprint density at radius 3 is 2.52 bits per heavy atom. The number of nitro groups is 1. The van der Waals surface area contributed by atoms with E-state index in [9.17, 15) is 20.0 Å². The lowest BCUT2D eigenvalue weighted by atomic mass is 10.1. The molecule has 2 aromatic rings. The molecule has 2 rings (SSSR count). The Bertz CT molecular complexity index is 656. The third-order valence-corrected chi connectivity index (χ3v) is 3.00. The highest BCUT2D eigenvalue weighted by Crippen LogP contribution is 2.28. The molecule has 0 heterocycles. The molecule has 0 saturated carbocycles. The first-order valence-electron chi connectivity index (χ1n) is 6.38. The molecule has 6 nitrogen and oxygen atoms in total. The molecule has 2 N–H and O–H groups in total. The Balaban J connectivity index is 2.01. The van der Waals surface area contributed by atoms with E-state index in [0.29, 0.717) is 13.0 Å². The summed E-state index contributed by atoms with van der Waals surface area (Å²) in [6.07, 6.45) is 0.641. The Kier molecular flexibility index (Phi) is 4.50. The quantitative estimate of drug-likeness (QED) is 0.651. The van der Waals surface area contributed by atoms with Crippen LogP contribution in [-0.2, 0) is 6.42 Å². The summed E-state index contributed by atoms with van der Waals surface area (Å²) >= 11 is 0. The number of aromatic hydroxyl groups is 1. The van der Waals surface area contributed by atoms with Crippen LogP contribution in [0.1, 0.15) is 15.9 Å². The van der Waals surface area contributed by atoms with Gasteiger partial charge in [0, 0.05) is 12.6 Å². The molecular weight excluding hydrogens is 272 g/mol. The van der Waals surface area contributed by atoms with Gasteiger partial charge in [0.15, 0.2) is 0 Å². The van der Waals surface area contributed by atoms with E-state index in [4.69, 9.17) is 0 Å². The number of amides is 1. The van der Waals surface area contributed by atoms with E-state index < -0.39 is 22.3 Å². The summed E-state index contributed by atoms with van der Waals surface area (Å²) < 4.78 is 0. The minimum atomic E-state index is -0.726. The van der Waals surface area contributed by atoms with Crippen molar-refractivity contribution in [1.29, 1.82) is 0 Å². The number of rotatable bonds is 5. The standard InChI is InChI=1S/C15H14N2O4/c18-14-12(7-4-8-13(14)17(20)21)15(19)16-10-9-11-5-2-1-3-6-11/h1-8,18H,9-10H2,(H,16,19). The molecule has 0 aliphatic rings. The molecular formula is C15H14N2O4. The number of carbonyl (C=O) groups excluding carboxylic acids is 1. The number of nitrogens with zero attached hydrogens (tertiary/aromatic N) is 1. The van der Waals surface area contributed by atoms with Gasteiger partial charge in [-0.1, -0.05) is 36.4 Å². The Morgan fingerprint density at radius 1 is 1.14 bits per heavy atom. The topological polar surface area (TPSA) is 92.5 Å². The molecule has 0 aliphatic carbocycles. The van der Waals surface area contributed by atoms with Crippen molar-refractivity contribution in [2.75, 3.05) is 6.54 Å². The van der Waals surface area contributed by atoms with Gasteiger partial charge in [0.1, 0.15) is 0 Å². The lowest BCUT2D eigenvalue weighted by Gasteiger charge is -2.07. The van der Waals surface area contributed by atoms with Gasteiger partial charge in [0.05, 0.1) is 10.5 Å². The predicted octanol–water partition coefficient (Wildman–Crippen LogP) is 2.27. The van der Waals surface area contributed by atoms with E-state index in [1.54, 1.807) is 0 Å². The first kappa shape index (κ1) is 14.5. The largest absolute Gasteiger partial charge is 0.502 e. The summed E-state index contributed by atoms with van der Waals surface area (Å²) in [4.78, 5) is 21.9. The molecule has 108 valence electrons. The van der Waals surface area contributed by atoms with Crippen molar-refractivity contribution in [3.63, 3.8) is 0 Å². The molecule has 0 spiro atoms. The van der Waals surface area contributed by atoms with Crippen molar-refractivity contribution in [1.82, 2.24) is 5.32 Å². The lowest BCUT2D eigenvalue weighted by molar-refractivity contribution is -0.385. The molecule has 0 aromatic heterocycles. The van der Waals surface area contributed by atoms with Crippen molar-refractivity contribution >= 4 is 11.6 Å². The zero-order valence-corrected chi connectivity index (χ0v) is 11.2. The highest BCUT2D eigenvalue weighted by atomic mass is 16.6. The number of para-hydroxylation sites is 1. The number of hydrogen-bond acceptors (Lipinski definition) is 4. The van der Waals surface area contributed by atoms with Crippen LogP contribution in [0.15, 0.2) is 48.5 Å². The number of nitrogens with one attached hydrogen (secondary N) is 1. The maximum Gasteiger partial charge on any atom is 0.311 e. The maximum atomic E-state index is 11.9. The van der Waals surface area contributed by atoms with Crippen LogP contribution in [0.2, 0.25) is 0 Å². The maximum absolute atomic E-state index is 11.9. The third-order valence-electron chi connectivity index (χ3n) is 3.00. The fourth-order valence-corrected chi connectivity index (χ4v) is 1.92. The number of hydrogen-bond donors (Lipinski definition) is 2. The van der Waals surface area contributed by atoms with Crippen molar-refractivity contribution < 1.29 is 14.8 Å². The van der Waals surface area contributed by atoms with Crippen LogP contribution < -0.4 is 5.32 Å². The van der Waals surface area contributed by atoms with Gasteiger partial charge in [-0.3, -0.25) is 14.9 Å². The molecule has 0 aliphatic heterocycles. The summed E-state index contributed by atoms with van der Waals surface area (Å²) in [6.45, 7) is 0.380. The van der Waals surface area contributed by atoms with Gasteiger partial charge < -0.3 is 10.4 Å². The average Bonchev–Trinajstić information content (AvgIpc) is 2.48. The van der Waals surface area contributed by atoms with Crippen LogP contribution >= 0.6 is 0 Å². The third kappa shape index (κ3) is 3.56. The smallest absolute Gasteiger partial charge is 0.311 e. The van der Waals surface area contributed by atoms with E-state index in [1.165, 1.54) is 12.1 Å². The minimum absolute atomic E-state index is 0.0998. The van der Waals surface area contributed by atoms with Gasteiger partial charge in [-0.05, 0) is 18.1 Å². The van der Waals surface area contributed by atoms with Gasteiger partial charge in [-0.2, -0.15) is 0 Å². The van der Waals surface area contributed by atoms with E-state index >= 15 is 0 Å². The molecule has 21 heavy (non-hydrogen) atoms. The summed E-state index contributed by atoms with van der Waals surface area (Å²) in [6, 6.07) is 13.5. The zero-order valence-electron chi connectivity index (χ0n) is 11.2. The second-order valence-electron chi connectivity index (χ2n) is 4.42. The minimum Gasteiger partial charge on any atom is -0.502 e. The molecule has 2 aromatic carbocycles. The molecule has 0 bridgehead atoms. The molecule has 0 radical (unpaired) electrons. The first-order valence-corrected chi connectivity index (χ1v) is 6.38. The Labute approximate surface area is 121 Å². The van der Waals surface area contributed by atoms with Crippen LogP contribution in [0.25, 0.3) is 0 Å². The van der Waals surface area contributed by atoms with Crippen molar-refractivity contribution in [3.8, 4) is 5.75 Å². The highest BCUT2D eigenvalue weighted by molar-refractivity contribution is 5.98. The summed E-state index contributed by atoms with van der Waals surface area (Å²) in [5.74, 6) is -1.15. The van der Waals surface area contributed by atoms with Gasteiger partial charge >= 0.3 is 5.69 Å². The molecule has 0 unspecified atom stereocenters. The van der Waals surface area contributed by atoms with Crippen LogP contribution in [0.4, 0.5) is 5.69 Å². The van der Waals surface area contributed by atoms with E-state index in [0.717, 1.165) is 11.6 Å². The number of benzene rings is 2. The van der Waals surface area contributed by atoms with Crippen LogP contribution in [-0.4, -0.2) is 22.5 Å². The Morgan fingerprint density at radius 2 is 1.86 bits per heavy atom. The van der Waals surface area contributed by atoms with Crippen LogP contribution in [0.3, 0.4) is 0 Å². The molecule has 0 atom stereocenters. The molecule has 6 heteroatoms. The fraction of sp³-hybridized carbons (Fsp3) is 0.133. The summed E-state index contributed by atoms with van der Waals surface area (Å²) in [5.41, 5.74) is 0.490. The average molecular weight is 286 g/mol. The normalized spacial score (nSPS) is 10.1. The number of phenolic OH excluding ortho intramolecular Hbond substituents is 1. The molecule has 0 saturated heterocycles. The SMILES string of the molecule is O=C(NCCc1ccccc1)c1cccc([N+](=O)[O-])c1O. The summed E-state index contributed by atoms with van der Waals surface area (Å²) in [5, 5.41) is 23.1. The molecule has 1 amide bonds. The lowest BCUT2D eigenvalue weighted by Crippen LogP contribution is -2.25. The predicted molar refractivity (Wildman–Crippen MR) is 77.2 cm³/mol. The number of nitro benzene ring substituents is 1. The first-order chi connectivity index (χ1) is 10.1. The van der Waals surface area contributed by atoms with Gasteiger partial charge in [0.2, 0.25) is 5.75 Å². The van der Waals surface area contributed by atoms with Gasteiger partial charge in [-0.15, -0.1) is 0 Å². The summed E-state index contributed by atoms with van der Waals surface area (Å²) in [7, 11) is 0. The monoisotopic (exact) mass is 286 g/mol. The fourth-order valence-electron chi connectivity index (χ4n) is 1.92. The van der Waals surface area contributed by atoms with Crippen molar-refractivity contribution in [2.24, 2.45) is 0 Å². The van der Waals surface area contributed by atoms with E-state index in [-0.39, 0.29) is 5.56 Å². The van der Waals surface area contributed by atoms with Crippen molar-refractivity contribution in [3.05, 3.63) is 69.8 Å². The van der Waals surface area contributed by atoms with Gasteiger partial charge in [-0.25, -0.2) is 0 Å².